The van der Waals surface area contributed by atoms with Gasteiger partial charge in [-0.05, 0) is 44.2 Å². The number of carbonyl (C=O) groups excluding carboxylic acids is 1. The lowest BCUT2D eigenvalue weighted by Crippen LogP contribution is -2.41. The maximum Gasteiger partial charge on any atom is 0.197 e. The number of likely N-dealkylation sites (tertiary alicyclic amines) is 1. The Morgan fingerprint density at radius 2 is 1.71 bits per heavy atom. The third kappa shape index (κ3) is 3.72. The summed E-state index contributed by atoms with van der Waals surface area (Å²) in [5.74, 6) is 1.33. The highest BCUT2D eigenvalue weighted by molar-refractivity contribution is 6.02. The van der Waals surface area contributed by atoms with Gasteiger partial charge in [-0.1, -0.05) is 43.7 Å². The summed E-state index contributed by atoms with van der Waals surface area (Å²) in [6, 6.07) is 12.0. The highest BCUT2D eigenvalue weighted by atomic mass is 16.1. The van der Waals surface area contributed by atoms with Crippen LogP contribution in [0.5, 0.6) is 0 Å². The molecule has 0 saturated carbocycles. The first-order valence-corrected chi connectivity index (χ1v) is 10.1. The number of carbonyl (C=O) groups is 1. The van der Waals surface area contributed by atoms with E-state index >= 15 is 0 Å². The molecule has 2 aromatic heterocycles. The van der Waals surface area contributed by atoms with Crippen LogP contribution in [-0.2, 0) is 0 Å². The van der Waals surface area contributed by atoms with Crippen molar-refractivity contribution in [3.63, 3.8) is 0 Å². The molecule has 3 aromatic rings. The Morgan fingerprint density at radius 1 is 1.04 bits per heavy atom. The number of rotatable bonds is 4. The molecule has 1 fully saturated rings. The number of aromatic nitrogens is 3. The molecule has 0 N–H and O–H groups in total. The van der Waals surface area contributed by atoms with Crippen LogP contribution in [0.4, 0.5) is 0 Å². The average molecular weight is 377 g/mol. The lowest BCUT2D eigenvalue weighted by Gasteiger charge is -2.34. The first-order chi connectivity index (χ1) is 13.4. The molecule has 3 heterocycles. The van der Waals surface area contributed by atoms with Crippen LogP contribution in [0, 0.1) is 25.7 Å². The van der Waals surface area contributed by atoms with Gasteiger partial charge in [0.15, 0.2) is 11.4 Å². The highest BCUT2D eigenvalue weighted by Gasteiger charge is 2.27. The normalized spacial score (nSPS) is 20.6. The number of fused-ring (bicyclic) bond motifs is 1. The molecule has 2 atom stereocenters. The van der Waals surface area contributed by atoms with Crippen LogP contribution in [0.25, 0.3) is 16.9 Å². The Morgan fingerprint density at radius 3 is 2.39 bits per heavy atom. The fraction of sp³-hybridized carbons (Fsp3) is 0.435. The monoisotopic (exact) mass is 376 g/mol. The number of imidazole rings is 1. The molecular formula is C23H28N4O. The smallest absolute Gasteiger partial charge is 0.197 e. The predicted octanol–water partition coefficient (Wildman–Crippen LogP) is 4.17. The van der Waals surface area contributed by atoms with Crippen molar-refractivity contribution in [3.05, 3.63) is 53.3 Å². The van der Waals surface area contributed by atoms with Crippen LogP contribution in [0.2, 0.25) is 0 Å². The van der Waals surface area contributed by atoms with Gasteiger partial charge in [0.05, 0.1) is 12.2 Å². The van der Waals surface area contributed by atoms with Gasteiger partial charge < -0.3 is 0 Å². The number of piperidine rings is 1. The molecule has 1 aliphatic rings. The average Bonchev–Trinajstić information content (AvgIpc) is 3.00. The van der Waals surface area contributed by atoms with Gasteiger partial charge in [-0.3, -0.25) is 9.69 Å². The molecule has 1 saturated heterocycles. The first-order valence-electron chi connectivity index (χ1n) is 10.1. The van der Waals surface area contributed by atoms with Gasteiger partial charge in [0.2, 0.25) is 0 Å². The van der Waals surface area contributed by atoms with E-state index in [2.05, 4.69) is 42.9 Å². The summed E-state index contributed by atoms with van der Waals surface area (Å²) in [6.45, 7) is 10.9. The quantitative estimate of drug-likeness (QED) is 0.641. The van der Waals surface area contributed by atoms with Crippen LogP contribution in [-0.4, -0.2) is 44.9 Å². The summed E-state index contributed by atoms with van der Waals surface area (Å²) < 4.78 is 1.73. The summed E-state index contributed by atoms with van der Waals surface area (Å²) in [4.78, 5) is 20.5. The molecule has 1 aliphatic heterocycles. The van der Waals surface area contributed by atoms with Gasteiger partial charge in [-0.2, -0.15) is 5.10 Å². The SMILES string of the molecule is Cc1ccc(-c2nc3ccc(C)nn3c2C(=O)CN2CC(C)CC(C)C2)cc1. The molecule has 2 unspecified atom stereocenters. The number of hydrogen-bond donors (Lipinski definition) is 0. The molecule has 1 aromatic carbocycles. The Kier molecular flexibility index (Phi) is 5.02. The van der Waals surface area contributed by atoms with Gasteiger partial charge in [0, 0.05) is 18.7 Å². The molecular weight excluding hydrogens is 348 g/mol. The molecule has 4 rings (SSSR count). The molecule has 0 aliphatic carbocycles. The molecule has 5 nitrogen and oxygen atoms in total. The third-order valence-electron chi connectivity index (χ3n) is 5.51. The number of benzene rings is 1. The molecule has 146 valence electrons. The Balaban J connectivity index is 1.75. The van der Waals surface area contributed by atoms with E-state index in [-0.39, 0.29) is 5.78 Å². The Labute approximate surface area is 166 Å². The van der Waals surface area contributed by atoms with Crippen LogP contribution in [0.3, 0.4) is 0 Å². The summed E-state index contributed by atoms with van der Waals surface area (Å²) in [5, 5.41) is 4.60. The number of aryl methyl sites for hydroxylation is 2. The summed E-state index contributed by atoms with van der Waals surface area (Å²) >= 11 is 0. The Hall–Kier alpha value is -2.53. The molecule has 0 spiro atoms. The zero-order valence-corrected chi connectivity index (χ0v) is 17.1. The number of ketones is 1. The molecule has 28 heavy (non-hydrogen) atoms. The van der Waals surface area contributed by atoms with Crippen LogP contribution >= 0.6 is 0 Å². The van der Waals surface area contributed by atoms with Crippen molar-refractivity contribution < 1.29 is 4.79 Å². The standard InChI is InChI=1S/C23H28N4O/c1-15-5-8-19(9-6-15)22-23(27-21(24-22)10-7-18(4)25-27)20(28)14-26-12-16(2)11-17(3)13-26/h5-10,16-17H,11-14H2,1-4H3. The van der Waals surface area contributed by atoms with E-state index in [1.807, 2.05) is 31.2 Å². The van der Waals surface area contributed by atoms with E-state index in [1.165, 1.54) is 12.0 Å². The van der Waals surface area contributed by atoms with Crippen molar-refractivity contribution in [2.75, 3.05) is 19.6 Å². The minimum atomic E-state index is 0.0856. The number of hydrogen-bond acceptors (Lipinski definition) is 4. The summed E-state index contributed by atoms with van der Waals surface area (Å²) in [7, 11) is 0. The van der Waals surface area contributed by atoms with E-state index < -0.39 is 0 Å². The van der Waals surface area contributed by atoms with E-state index in [1.54, 1.807) is 4.52 Å². The van der Waals surface area contributed by atoms with Crippen molar-refractivity contribution in [2.24, 2.45) is 11.8 Å². The minimum Gasteiger partial charge on any atom is -0.295 e. The maximum absolute atomic E-state index is 13.4. The maximum atomic E-state index is 13.4. The number of nitrogens with zero attached hydrogens (tertiary/aromatic N) is 4. The van der Waals surface area contributed by atoms with Crippen LogP contribution in [0.1, 0.15) is 42.0 Å². The van der Waals surface area contributed by atoms with Crippen molar-refractivity contribution in [2.45, 2.75) is 34.1 Å². The van der Waals surface area contributed by atoms with Crippen LogP contribution < -0.4 is 0 Å². The second kappa shape index (κ2) is 7.47. The van der Waals surface area contributed by atoms with E-state index in [0.29, 0.717) is 29.7 Å². The molecule has 0 bridgehead atoms. The molecule has 0 amide bonds. The van der Waals surface area contributed by atoms with E-state index in [9.17, 15) is 4.79 Å². The molecule has 5 heteroatoms. The lowest BCUT2D eigenvalue weighted by atomic mass is 9.91. The van der Waals surface area contributed by atoms with Crippen molar-refractivity contribution >= 4 is 11.4 Å². The first kappa shape index (κ1) is 18.8. The largest absolute Gasteiger partial charge is 0.295 e. The van der Waals surface area contributed by atoms with Gasteiger partial charge in [-0.25, -0.2) is 9.50 Å². The number of Topliss-reactive ketones (excluding diaryl/α,β-unsaturated/α-hetero) is 1. The topological polar surface area (TPSA) is 50.5 Å². The second-order valence-electron chi connectivity index (χ2n) is 8.48. The van der Waals surface area contributed by atoms with Crippen molar-refractivity contribution in [1.29, 1.82) is 0 Å². The summed E-state index contributed by atoms with van der Waals surface area (Å²) in [6.07, 6.45) is 1.23. The van der Waals surface area contributed by atoms with Crippen molar-refractivity contribution in [3.8, 4) is 11.3 Å². The zero-order valence-electron chi connectivity index (χ0n) is 17.1. The predicted molar refractivity (Wildman–Crippen MR) is 112 cm³/mol. The fourth-order valence-corrected chi connectivity index (χ4v) is 4.39. The molecule has 0 radical (unpaired) electrons. The minimum absolute atomic E-state index is 0.0856. The van der Waals surface area contributed by atoms with Crippen molar-refractivity contribution in [1.82, 2.24) is 19.5 Å². The van der Waals surface area contributed by atoms with Gasteiger partial charge >= 0.3 is 0 Å². The Bertz CT molecular complexity index is 995. The second-order valence-corrected chi connectivity index (χ2v) is 8.48. The van der Waals surface area contributed by atoms with Gasteiger partial charge in [-0.15, -0.1) is 0 Å². The van der Waals surface area contributed by atoms with Gasteiger partial charge in [0.1, 0.15) is 11.4 Å². The zero-order chi connectivity index (χ0) is 19.8. The fourth-order valence-electron chi connectivity index (χ4n) is 4.39. The van der Waals surface area contributed by atoms with Crippen LogP contribution in [0.15, 0.2) is 36.4 Å². The third-order valence-corrected chi connectivity index (χ3v) is 5.51. The lowest BCUT2D eigenvalue weighted by molar-refractivity contribution is 0.0843. The van der Waals surface area contributed by atoms with Gasteiger partial charge in [0.25, 0.3) is 0 Å². The van der Waals surface area contributed by atoms with E-state index in [4.69, 9.17) is 4.98 Å². The highest BCUT2D eigenvalue weighted by Crippen LogP contribution is 2.26. The van der Waals surface area contributed by atoms with E-state index in [0.717, 1.165) is 30.0 Å². The summed E-state index contributed by atoms with van der Waals surface area (Å²) in [5.41, 5.74) is 5.04.